The second-order valence-electron chi connectivity index (χ2n) is 4.64. The number of anilines is 1. The maximum absolute atomic E-state index is 11.6. The topological polar surface area (TPSA) is 122 Å². The van der Waals surface area contributed by atoms with E-state index in [1.165, 1.54) is 12.1 Å². The van der Waals surface area contributed by atoms with Gasteiger partial charge in [0, 0.05) is 18.7 Å². The van der Waals surface area contributed by atoms with Gasteiger partial charge in [-0.1, -0.05) is 0 Å². The molecule has 0 spiro atoms. The zero-order chi connectivity index (χ0) is 15.8. The molecule has 0 unspecified atom stereocenters. The number of carboxylic acid groups (broad SMARTS) is 1. The van der Waals surface area contributed by atoms with Crippen LogP contribution in [0.1, 0.15) is 35.2 Å². The van der Waals surface area contributed by atoms with Crippen LogP contribution in [0.3, 0.4) is 0 Å². The molecule has 0 saturated carbocycles. The zero-order valence-corrected chi connectivity index (χ0v) is 11.8. The molecule has 1 aromatic rings. The number of primary amides is 1. The Hall–Kier alpha value is -2.57. The van der Waals surface area contributed by atoms with Crippen LogP contribution >= 0.6 is 0 Å². The van der Waals surface area contributed by atoms with E-state index >= 15 is 0 Å². The first-order chi connectivity index (χ1) is 9.90. The number of carboxylic acids is 1. The highest BCUT2D eigenvalue weighted by molar-refractivity contribution is 5.92. The average molecular weight is 293 g/mol. The molecule has 5 N–H and O–H groups in total. The van der Waals surface area contributed by atoms with E-state index in [2.05, 4.69) is 10.6 Å². The van der Waals surface area contributed by atoms with Crippen LogP contribution in [0.2, 0.25) is 0 Å². The monoisotopic (exact) mass is 293 g/mol. The van der Waals surface area contributed by atoms with Gasteiger partial charge in [0.05, 0.1) is 5.56 Å². The summed E-state index contributed by atoms with van der Waals surface area (Å²) < 4.78 is 0. The highest BCUT2D eigenvalue weighted by atomic mass is 16.4. The van der Waals surface area contributed by atoms with Gasteiger partial charge in [-0.15, -0.1) is 0 Å². The largest absolute Gasteiger partial charge is 0.478 e. The van der Waals surface area contributed by atoms with Crippen LogP contribution in [-0.4, -0.2) is 29.6 Å². The highest BCUT2D eigenvalue weighted by Crippen LogP contribution is 2.15. The predicted molar refractivity (Wildman–Crippen MR) is 78.2 cm³/mol. The molecular weight excluding hydrogens is 274 g/mol. The summed E-state index contributed by atoms with van der Waals surface area (Å²) in [5.41, 5.74) is 6.30. The number of carbonyl (C=O) groups is 3. The second kappa shape index (κ2) is 7.88. The molecule has 3 amide bonds. The van der Waals surface area contributed by atoms with Crippen LogP contribution in [-0.2, 0) is 4.79 Å². The van der Waals surface area contributed by atoms with E-state index in [1.807, 2.05) is 0 Å². The van der Waals surface area contributed by atoms with Gasteiger partial charge in [-0.2, -0.15) is 0 Å². The fourth-order valence-electron chi connectivity index (χ4n) is 1.78. The molecule has 0 saturated heterocycles. The van der Waals surface area contributed by atoms with Gasteiger partial charge in [0.25, 0.3) is 0 Å². The molecule has 0 aromatic heterocycles. The number of carbonyl (C=O) groups excluding carboxylic acids is 2. The number of urea groups is 1. The van der Waals surface area contributed by atoms with Gasteiger partial charge in [-0.3, -0.25) is 4.79 Å². The van der Waals surface area contributed by atoms with Gasteiger partial charge in [-0.05, 0) is 43.5 Å². The van der Waals surface area contributed by atoms with Crippen LogP contribution in [0.25, 0.3) is 0 Å². The SMILES string of the molecule is Cc1cc(NC(=O)NCCCCC(N)=O)ccc1C(=O)O. The normalized spacial score (nSPS) is 9.95. The Kier molecular flexibility index (Phi) is 6.19. The number of hydrogen-bond acceptors (Lipinski definition) is 3. The molecule has 114 valence electrons. The van der Waals surface area contributed by atoms with E-state index in [1.54, 1.807) is 13.0 Å². The van der Waals surface area contributed by atoms with Crippen molar-refractivity contribution in [3.8, 4) is 0 Å². The van der Waals surface area contributed by atoms with Gasteiger partial charge in [-0.25, -0.2) is 9.59 Å². The second-order valence-corrected chi connectivity index (χ2v) is 4.64. The number of benzene rings is 1. The third-order valence-corrected chi connectivity index (χ3v) is 2.85. The van der Waals surface area contributed by atoms with E-state index in [9.17, 15) is 14.4 Å². The highest BCUT2D eigenvalue weighted by Gasteiger charge is 2.08. The summed E-state index contributed by atoms with van der Waals surface area (Å²) in [5.74, 6) is -1.36. The molecule has 0 heterocycles. The average Bonchev–Trinajstić information content (AvgIpc) is 2.37. The Bertz CT molecular complexity index is 543. The van der Waals surface area contributed by atoms with Crippen molar-refractivity contribution >= 4 is 23.6 Å². The Labute approximate surface area is 122 Å². The number of hydrogen-bond donors (Lipinski definition) is 4. The molecule has 0 aliphatic heterocycles. The van der Waals surface area contributed by atoms with E-state index in [0.29, 0.717) is 37.1 Å². The first-order valence-corrected chi connectivity index (χ1v) is 6.57. The van der Waals surface area contributed by atoms with Crippen LogP contribution in [0, 0.1) is 6.92 Å². The standard InChI is InChI=1S/C14H19N3O4/c1-9-8-10(5-6-11(9)13(19)20)17-14(21)16-7-3-2-4-12(15)18/h5-6,8H,2-4,7H2,1H3,(H2,15,18)(H,19,20)(H2,16,17,21). The number of aromatic carboxylic acids is 1. The third kappa shape index (κ3) is 5.94. The van der Waals surface area contributed by atoms with E-state index in [4.69, 9.17) is 10.8 Å². The third-order valence-electron chi connectivity index (χ3n) is 2.85. The number of amides is 3. The maximum atomic E-state index is 11.6. The van der Waals surface area contributed by atoms with Crippen molar-refractivity contribution in [2.24, 2.45) is 5.73 Å². The molecule has 0 aliphatic rings. The van der Waals surface area contributed by atoms with Crippen LogP contribution < -0.4 is 16.4 Å². The van der Waals surface area contributed by atoms with Crippen LogP contribution in [0.5, 0.6) is 0 Å². The van der Waals surface area contributed by atoms with E-state index < -0.39 is 5.97 Å². The molecule has 21 heavy (non-hydrogen) atoms. The summed E-state index contributed by atoms with van der Waals surface area (Å²) in [4.78, 5) is 33.0. The summed E-state index contributed by atoms with van der Waals surface area (Å²) in [6.45, 7) is 2.10. The molecular formula is C14H19N3O4. The summed E-state index contributed by atoms with van der Waals surface area (Å²) >= 11 is 0. The molecule has 0 aliphatic carbocycles. The van der Waals surface area contributed by atoms with Crippen molar-refractivity contribution in [1.82, 2.24) is 5.32 Å². The fourth-order valence-corrected chi connectivity index (χ4v) is 1.78. The quantitative estimate of drug-likeness (QED) is 0.569. The van der Waals surface area contributed by atoms with Crippen molar-refractivity contribution in [3.05, 3.63) is 29.3 Å². The van der Waals surface area contributed by atoms with E-state index in [0.717, 1.165) is 0 Å². The molecule has 0 radical (unpaired) electrons. The molecule has 7 heteroatoms. The maximum Gasteiger partial charge on any atom is 0.335 e. The Morgan fingerprint density at radius 3 is 2.52 bits per heavy atom. The Morgan fingerprint density at radius 1 is 1.24 bits per heavy atom. The Morgan fingerprint density at radius 2 is 1.95 bits per heavy atom. The summed E-state index contributed by atoms with van der Waals surface area (Å²) in [6.07, 6.45) is 1.59. The van der Waals surface area contributed by atoms with Crippen molar-refractivity contribution in [1.29, 1.82) is 0 Å². The smallest absolute Gasteiger partial charge is 0.335 e. The molecule has 7 nitrogen and oxygen atoms in total. The van der Waals surface area contributed by atoms with Gasteiger partial charge < -0.3 is 21.5 Å². The minimum Gasteiger partial charge on any atom is -0.478 e. The first kappa shape index (κ1) is 16.5. The molecule has 0 atom stereocenters. The molecule has 1 aromatic carbocycles. The fraction of sp³-hybridized carbons (Fsp3) is 0.357. The molecule has 0 bridgehead atoms. The van der Waals surface area contributed by atoms with Gasteiger partial charge in [0.15, 0.2) is 0 Å². The van der Waals surface area contributed by atoms with Crippen molar-refractivity contribution in [2.75, 3.05) is 11.9 Å². The van der Waals surface area contributed by atoms with Crippen LogP contribution in [0.15, 0.2) is 18.2 Å². The lowest BCUT2D eigenvalue weighted by Crippen LogP contribution is -2.29. The lowest BCUT2D eigenvalue weighted by atomic mass is 10.1. The van der Waals surface area contributed by atoms with Gasteiger partial charge in [0.1, 0.15) is 0 Å². The summed E-state index contributed by atoms with van der Waals surface area (Å²) in [7, 11) is 0. The Balaban J connectivity index is 2.39. The number of nitrogens with one attached hydrogen (secondary N) is 2. The summed E-state index contributed by atoms with van der Waals surface area (Å²) in [5, 5.41) is 14.2. The van der Waals surface area contributed by atoms with Gasteiger partial charge in [0.2, 0.25) is 5.91 Å². The number of unbranched alkanes of at least 4 members (excludes halogenated alkanes) is 1. The number of nitrogens with two attached hydrogens (primary N) is 1. The lowest BCUT2D eigenvalue weighted by Gasteiger charge is -2.09. The van der Waals surface area contributed by atoms with Crippen LogP contribution in [0.4, 0.5) is 10.5 Å². The first-order valence-electron chi connectivity index (χ1n) is 6.57. The number of rotatable bonds is 7. The van der Waals surface area contributed by atoms with E-state index in [-0.39, 0.29) is 17.5 Å². The van der Waals surface area contributed by atoms with Gasteiger partial charge >= 0.3 is 12.0 Å². The zero-order valence-electron chi connectivity index (χ0n) is 11.8. The van der Waals surface area contributed by atoms with Crippen molar-refractivity contribution < 1.29 is 19.5 Å². The molecule has 0 fully saturated rings. The lowest BCUT2D eigenvalue weighted by molar-refractivity contribution is -0.118. The van der Waals surface area contributed by atoms with Crippen molar-refractivity contribution in [2.45, 2.75) is 26.2 Å². The summed E-state index contributed by atoms with van der Waals surface area (Å²) in [6, 6.07) is 4.19. The van der Waals surface area contributed by atoms with Crippen molar-refractivity contribution in [3.63, 3.8) is 0 Å². The number of aryl methyl sites for hydroxylation is 1. The minimum absolute atomic E-state index is 0.201. The minimum atomic E-state index is -1.00. The predicted octanol–water partition coefficient (Wildman–Crippen LogP) is 1.47. The molecule has 1 rings (SSSR count).